The Morgan fingerprint density at radius 3 is 2.33 bits per heavy atom. The summed E-state index contributed by atoms with van der Waals surface area (Å²) in [5, 5.41) is 8.88. The summed E-state index contributed by atoms with van der Waals surface area (Å²) in [7, 11) is 0. The predicted octanol–water partition coefficient (Wildman–Crippen LogP) is 2.34. The van der Waals surface area contributed by atoms with Crippen molar-refractivity contribution in [2.45, 2.75) is 26.2 Å². The monoisotopic (exact) mass is 209 g/mol. The number of phenolic OH excluding ortho intramolecular Hbond substituents is 1. The number of carbonyl (C=O) groups excluding carboxylic acids is 1. The van der Waals surface area contributed by atoms with Gasteiger partial charge in [-0.05, 0) is 25.1 Å². The van der Waals surface area contributed by atoms with E-state index in [2.05, 4.69) is 6.92 Å². The molecule has 1 rings (SSSR count). The fourth-order valence-corrected chi connectivity index (χ4v) is 0.982. The number of carbonyl (C=O) groups is 1. The van der Waals surface area contributed by atoms with Crippen molar-refractivity contribution in [2.75, 3.05) is 6.54 Å². The van der Waals surface area contributed by atoms with E-state index in [0.29, 0.717) is 11.8 Å². The standard InChI is InChI=1S/C7H6O2.C5H13N/c8-5-6-3-1-2-4-7(6)9;1-2-3-4-5-6/h1-5,9H;2-6H2,1H3. The van der Waals surface area contributed by atoms with Crippen molar-refractivity contribution in [1.82, 2.24) is 0 Å². The third-order valence-corrected chi connectivity index (χ3v) is 1.87. The van der Waals surface area contributed by atoms with Crippen molar-refractivity contribution in [3.05, 3.63) is 29.8 Å². The number of aromatic hydroxyl groups is 1. The Hall–Kier alpha value is -1.35. The van der Waals surface area contributed by atoms with Gasteiger partial charge >= 0.3 is 0 Å². The van der Waals surface area contributed by atoms with Gasteiger partial charge in [0.15, 0.2) is 6.29 Å². The van der Waals surface area contributed by atoms with E-state index in [9.17, 15) is 4.79 Å². The number of benzene rings is 1. The summed E-state index contributed by atoms with van der Waals surface area (Å²) in [6, 6.07) is 6.40. The first kappa shape index (κ1) is 13.7. The fourth-order valence-electron chi connectivity index (χ4n) is 0.982. The van der Waals surface area contributed by atoms with Gasteiger partial charge < -0.3 is 10.8 Å². The molecular formula is C12H19NO2. The molecule has 0 saturated heterocycles. The lowest BCUT2D eigenvalue weighted by Gasteiger charge is -1.91. The van der Waals surface area contributed by atoms with Gasteiger partial charge in [0.2, 0.25) is 0 Å². The number of para-hydroxylation sites is 1. The molecule has 0 aliphatic heterocycles. The summed E-state index contributed by atoms with van der Waals surface area (Å²) in [4.78, 5) is 10.1. The van der Waals surface area contributed by atoms with Crippen molar-refractivity contribution in [1.29, 1.82) is 0 Å². The van der Waals surface area contributed by atoms with E-state index in [1.165, 1.54) is 25.3 Å². The van der Waals surface area contributed by atoms with Crippen LogP contribution in [0.1, 0.15) is 36.5 Å². The zero-order chi connectivity index (χ0) is 11.5. The molecule has 0 aliphatic carbocycles. The van der Waals surface area contributed by atoms with E-state index in [1.807, 2.05) is 0 Å². The zero-order valence-electron chi connectivity index (χ0n) is 9.15. The van der Waals surface area contributed by atoms with Crippen LogP contribution >= 0.6 is 0 Å². The maximum absolute atomic E-state index is 10.1. The van der Waals surface area contributed by atoms with Crippen LogP contribution in [-0.2, 0) is 0 Å². The number of aldehydes is 1. The van der Waals surface area contributed by atoms with E-state index < -0.39 is 0 Å². The SMILES string of the molecule is CCCCCN.O=Cc1ccccc1O. The molecule has 3 heteroatoms. The van der Waals surface area contributed by atoms with Gasteiger partial charge in [0.25, 0.3) is 0 Å². The first-order valence-corrected chi connectivity index (χ1v) is 5.19. The summed E-state index contributed by atoms with van der Waals surface area (Å²) in [5.41, 5.74) is 5.55. The largest absolute Gasteiger partial charge is 0.507 e. The van der Waals surface area contributed by atoms with Crippen LogP contribution in [-0.4, -0.2) is 17.9 Å². The average Bonchev–Trinajstić information content (AvgIpc) is 2.28. The second-order valence-corrected chi connectivity index (χ2v) is 3.17. The van der Waals surface area contributed by atoms with Crippen LogP contribution < -0.4 is 5.73 Å². The van der Waals surface area contributed by atoms with Gasteiger partial charge in [-0.2, -0.15) is 0 Å². The Bertz CT molecular complexity index is 270. The Labute approximate surface area is 90.9 Å². The molecule has 0 saturated carbocycles. The first-order valence-electron chi connectivity index (χ1n) is 5.19. The summed E-state index contributed by atoms with van der Waals surface area (Å²) in [5.74, 6) is 0.0347. The molecule has 0 spiro atoms. The van der Waals surface area contributed by atoms with E-state index in [4.69, 9.17) is 10.8 Å². The van der Waals surface area contributed by atoms with Crippen molar-refractivity contribution in [3.63, 3.8) is 0 Å². The fraction of sp³-hybridized carbons (Fsp3) is 0.417. The van der Waals surface area contributed by atoms with Gasteiger partial charge in [0.1, 0.15) is 5.75 Å². The number of phenols is 1. The Morgan fingerprint density at radius 2 is 2.00 bits per heavy atom. The summed E-state index contributed by atoms with van der Waals surface area (Å²) < 4.78 is 0. The van der Waals surface area contributed by atoms with Gasteiger partial charge in [-0.15, -0.1) is 0 Å². The van der Waals surface area contributed by atoms with Crippen LogP contribution in [0.2, 0.25) is 0 Å². The molecule has 1 aromatic carbocycles. The quantitative estimate of drug-likeness (QED) is 0.591. The Balaban J connectivity index is 0.000000288. The minimum absolute atomic E-state index is 0.0347. The normalized spacial score (nSPS) is 8.93. The van der Waals surface area contributed by atoms with E-state index >= 15 is 0 Å². The van der Waals surface area contributed by atoms with Crippen molar-refractivity contribution in [2.24, 2.45) is 5.73 Å². The van der Waals surface area contributed by atoms with Crippen molar-refractivity contribution < 1.29 is 9.90 Å². The number of hydrogen-bond acceptors (Lipinski definition) is 3. The lowest BCUT2D eigenvalue weighted by Crippen LogP contribution is -1.96. The third-order valence-electron chi connectivity index (χ3n) is 1.87. The molecule has 1 aromatic rings. The molecule has 0 fully saturated rings. The van der Waals surface area contributed by atoms with Gasteiger partial charge in [0, 0.05) is 0 Å². The smallest absolute Gasteiger partial charge is 0.153 e. The second-order valence-electron chi connectivity index (χ2n) is 3.17. The molecule has 0 atom stereocenters. The third kappa shape index (κ3) is 6.69. The molecule has 84 valence electrons. The molecule has 0 radical (unpaired) electrons. The van der Waals surface area contributed by atoms with Gasteiger partial charge in [0.05, 0.1) is 5.56 Å². The van der Waals surface area contributed by atoms with Crippen LogP contribution in [0.15, 0.2) is 24.3 Å². The van der Waals surface area contributed by atoms with Crippen molar-refractivity contribution >= 4 is 6.29 Å². The minimum Gasteiger partial charge on any atom is -0.507 e. The zero-order valence-corrected chi connectivity index (χ0v) is 9.15. The molecule has 0 aromatic heterocycles. The predicted molar refractivity (Wildman–Crippen MR) is 62.1 cm³/mol. The lowest BCUT2D eigenvalue weighted by molar-refractivity contribution is 0.112. The molecule has 0 bridgehead atoms. The van der Waals surface area contributed by atoms with Crippen LogP contribution in [0.5, 0.6) is 5.75 Å². The van der Waals surface area contributed by atoms with Gasteiger partial charge in [-0.1, -0.05) is 31.9 Å². The van der Waals surface area contributed by atoms with E-state index in [0.717, 1.165) is 6.54 Å². The minimum atomic E-state index is 0.0347. The highest BCUT2D eigenvalue weighted by Crippen LogP contribution is 2.11. The maximum Gasteiger partial charge on any atom is 0.153 e. The van der Waals surface area contributed by atoms with E-state index in [-0.39, 0.29) is 5.75 Å². The lowest BCUT2D eigenvalue weighted by atomic mass is 10.2. The Morgan fingerprint density at radius 1 is 1.33 bits per heavy atom. The number of rotatable bonds is 4. The molecule has 3 N–H and O–H groups in total. The maximum atomic E-state index is 10.1. The number of nitrogens with two attached hydrogens (primary N) is 1. The summed E-state index contributed by atoms with van der Waals surface area (Å²) in [6.45, 7) is 3.03. The van der Waals surface area contributed by atoms with Gasteiger partial charge in [-0.25, -0.2) is 0 Å². The second kappa shape index (κ2) is 9.21. The summed E-state index contributed by atoms with van der Waals surface area (Å²) >= 11 is 0. The highest BCUT2D eigenvalue weighted by atomic mass is 16.3. The number of unbranched alkanes of at least 4 members (excludes halogenated alkanes) is 2. The molecule has 3 nitrogen and oxygen atoms in total. The van der Waals surface area contributed by atoms with Crippen LogP contribution in [0.4, 0.5) is 0 Å². The summed E-state index contributed by atoms with van der Waals surface area (Å²) in [6.07, 6.45) is 4.37. The topological polar surface area (TPSA) is 63.3 Å². The molecule has 0 amide bonds. The molecule has 0 unspecified atom stereocenters. The highest BCUT2D eigenvalue weighted by molar-refractivity contribution is 5.78. The average molecular weight is 209 g/mol. The van der Waals surface area contributed by atoms with Gasteiger partial charge in [-0.3, -0.25) is 4.79 Å². The first-order chi connectivity index (χ1) is 7.26. The Kier molecular flexibility index (Phi) is 8.39. The van der Waals surface area contributed by atoms with E-state index in [1.54, 1.807) is 18.2 Å². The number of hydrogen-bond donors (Lipinski definition) is 2. The van der Waals surface area contributed by atoms with Crippen LogP contribution in [0, 0.1) is 0 Å². The molecule has 0 aliphatic rings. The molecular weight excluding hydrogens is 190 g/mol. The highest BCUT2D eigenvalue weighted by Gasteiger charge is 1.93. The van der Waals surface area contributed by atoms with Crippen LogP contribution in [0.3, 0.4) is 0 Å². The van der Waals surface area contributed by atoms with Crippen LogP contribution in [0.25, 0.3) is 0 Å². The molecule has 0 heterocycles. The van der Waals surface area contributed by atoms with Crippen molar-refractivity contribution in [3.8, 4) is 5.75 Å². The molecule has 15 heavy (non-hydrogen) atoms.